The van der Waals surface area contributed by atoms with Gasteiger partial charge in [0.05, 0.1) is 5.02 Å². The zero-order valence-electron chi connectivity index (χ0n) is 12.0. The number of unbranched alkanes of at least 4 members (excludes halogenated alkanes) is 1. The molecule has 0 aliphatic carbocycles. The predicted molar refractivity (Wildman–Crippen MR) is 82.8 cm³/mol. The highest BCUT2D eigenvalue weighted by molar-refractivity contribution is 6.31. The van der Waals surface area contributed by atoms with Crippen molar-refractivity contribution in [1.82, 2.24) is 9.78 Å². The van der Waals surface area contributed by atoms with Gasteiger partial charge in [0.15, 0.2) is 0 Å². The zero-order valence-corrected chi connectivity index (χ0v) is 12.7. The van der Waals surface area contributed by atoms with Gasteiger partial charge in [-0.3, -0.25) is 9.59 Å². The van der Waals surface area contributed by atoms with Crippen molar-refractivity contribution in [3.8, 4) is 0 Å². The van der Waals surface area contributed by atoms with Gasteiger partial charge in [0.2, 0.25) is 0 Å². The number of hydrogen-bond acceptors (Lipinski definition) is 3. The van der Waals surface area contributed by atoms with E-state index >= 15 is 0 Å². The number of amides is 1. The van der Waals surface area contributed by atoms with E-state index in [0.717, 1.165) is 18.9 Å². The lowest BCUT2D eigenvalue weighted by Crippen LogP contribution is -2.26. The number of hydrogen-bond donors (Lipinski definition) is 1. The van der Waals surface area contributed by atoms with Crippen molar-refractivity contribution in [2.75, 3.05) is 5.32 Å². The molecule has 1 N–H and O–H groups in total. The molecule has 1 aromatic heterocycles. The third-order valence-corrected chi connectivity index (χ3v) is 3.29. The first-order valence-electron chi connectivity index (χ1n) is 6.86. The molecule has 22 heavy (non-hydrogen) atoms. The average Bonchev–Trinajstić information content (AvgIpc) is 2.50. The summed E-state index contributed by atoms with van der Waals surface area (Å²) in [4.78, 5) is 23.8. The van der Waals surface area contributed by atoms with Gasteiger partial charge in [-0.05, 0) is 30.7 Å². The minimum Gasteiger partial charge on any atom is -0.321 e. The summed E-state index contributed by atoms with van der Waals surface area (Å²) in [6.45, 7) is 2.46. The minimum atomic E-state index is -0.564. The van der Waals surface area contributed by atoms with Crippen molar-refractivity contribution in [2.45, 2.75) is 26.3 Å². The summed E-state index contributed by atoms with van der Waals surface area (Å²) in [5.41, 5.74) is 0.204. The van der Waals surface area contributed by atoms with Gasteiger partial charge < -0.3 is 5.32 Å². The van der Waals surface area contributed by atoms with Gasteiger partial charge in [-0.1, -0.05) is 24.9 Å². The zero-order chi connectivity index (χ0) is 16.1. The van der Waals surface area contributed by atoms with Crippen LogP contribution < -0.4 is 10.9 Å². The van der Waals surface area contributed by atoms with Crippen molar-refractivity contribution in [1.29, 1.82) is 0 Å². The molecule has 2 rings (SSSR count). The largest absolute Gasteiger partial charge is 0.321 e. The molecule has 0 bridgehead atoms. The summed E-state index contributed by atoms with van der Waals surface area (Å²) in [6, 6.07) is 6.52. The molecule has 116 valence electrons. The lowest BCUT2D eigenvalue weighted by Gasteiger charge is -2.08. The second-order valence-corrected chi connectivity index (χ2v) is 5.12. The Bertz CT molecular complexity index is 746. The molecule has 0 fully saturated rings. The fourth-order valence-corrected chi connectivity index (χ4v) is 1.99. The standard InChI is InChI=1S/C15H15ClFN3O2/c1-2-3-8-20-14(21)7-6-13(19-20)15(22)18-10-4-5-12(17)11(16)9-10/h4-7,9H,2-3,8H2,1H3,(H,18,22). The van der Waals surface area contributed by atoms with Gasteiger partial charge in [0.25, 0.3) is 11.5 Å². The van der Waals surface area contributed by atoms with Crippen LogP contribution in [0.2, 0.25) is 5.02 Å². The topological polar surface area (TPSA) is 64.0 Å². The number of rotatable bonds is 5. The van der Waals surface area contributed by atoms with E-state index in [9.17, 15) is 14.0 Å². The van der Waals surface area contributed by atoms with Crippen molar-refractivity contribution in [3.05, 3.63) is 57.2 Å². The highest BCUT2D eigenvalue weighted by Crippen LogP contribution is 2.19. The first-order valence-corrected chi connectivity index (χ1v) is 7.23. The van der Waals surface area contributed by atoms with Crippen LogP contribution >= 0.6 is 11.6 Å². The third kappa shape index (κ3) is 3.92. The maximum Gasteiger partial charge on any atom is 0.276 e. The molecule has 1 heterocycles. The molecular formula is C15H15ClFN3O2. The van der Waals surface area contributed by atoms with E-state index in [2.05, 4.69) is 10.4 Å². The lowest BCUT2D eigenvalue weighted by molar-refractivity contribution is 0.101. The summed E-state index contributed by atoms with van der Waals surface area (Å²) < 4.78 is 14.3. The van der Waals surface area contributed by atoms with Crippen LogP contribution in [0.5, 0.6) is 0 Å². The molecule has 2 aromatic rings. The van der Waals surface area contributed by atoms with Crippen LogP contribution in [0.25, 0.3) is 0 Å². The number of anilines is 1. The normalized spacial score (nSPS) is 10.5. The lowest BCUT2D eigenvalue weighted by atomic mass is 10.3. The van der Waals surface area contributed by atoms with Gasteiger partial charge in [-0.25, -0.2) is 9.07 Å². The van der Waals surface area contributed by atoms with Crippen molar-refractivity contribution in [3.63, 3.8) is 0 Å². The Morgan fingerprint density at radius 2 is 2.14 bits per heavy atom. The number of aromatic nitrogens is 2. The van der Waals surface area contributed by atoms with Crippen LogP contribution in [0, 0.1) is 5.82 Å². The maximum absolute atomic E-state index is 13.1. The number of benzene rings is 1. The number of halogens is 2. The Balaban J connectivity index is 2.18. The fraction of sp³-hybridized carbons (Fsp3) is 0.267. The Morgan fingerprint density at radius 1 is 1.36 bits per heavy atom. The van der Waals surface area contributed by atoms with Gasteiger partial charge in [0.1, 0.15) is 11.5 Å². The molecule has 7 heteroatoms. The van der Waals surface area contributed by atoms with Crippen molar-refractivity contribution < 1.29 is 9.18 Å². The van der Waals surface area contributed by atoms with Gasteiger partial charge in [0, 0.05) is 18.3 Å². The number of aryl methyl sites for hydroxylation is 1. The van der Waals surface area contributed by atoms with Crippen LogP contribution in [0.4, 0.5) is 10.1 Å². The number of nitrogens with one attached hydrogen (secondary N) is 1. The molecule has 0 atom stereocenters. The Labute approximate surface area is 131 Å². The quantitative estimate of drug-likeness (QED) is 0.919. The molecule has 1 aromatic carbocycles. The molecule has 0 unspecified atom stereocenters. The van der Waals surface area contributed by atoms with Crippen LogP contribution in [0.3, 0.4) is 0 Å². The van der Waals surface area contributed by atoms with Crippen LogP contribution in [0.15, 0.2) is 35.1 Å². The van der Waals surface area contributed by atoms with Crippen molar-refractivity contribution in [2.24, 2.45) is 0 Å². The van der Waals surface area contributed by atoms with Gasteiger partial charge in [-0.2, -0.15) is 5.10 Å². The number of nitrogens with zero attached hydrogens (tertiary/aromatic N) is 2. The summed E-state index contributed by atoms with van der Waals surface area (Å²) in [5.74, 6) is -1.06. The summed E-state index contributed by atoms with van der Waals surface area (Å²) >= 11 is 5.66. The first-order chi connectivity index (χ1) is 10.5. The van der Waals surface area contributed by atoms with E-state index in [0.29, 0.717) is 12.2 Å². The molecule has 0 spiro atoms. The van der Waals surface area contributed by atoms with E-state index in [-0.39, 0.29) is 16.3 Å². The highest BCUT2D eigenvalue weighted by Gasteiger charge is 2.11. The third-order valence-electron chi connectivity index (χ3n) is 3.00. The molecule has 1 amide bonds. The highest BCUT2D eigenvalue weighted by atomic mass is 35.5. The Hall–Kier alpha value is -2.21. The SMILES string of the molecule is CCCCn1nc(C(=O)Nc2ccc(F)c(Cl)c2)ccc1=O. The first kappa shape index (κ1) is 16.2. The molecule has 0 saturated carbocycles. The van der Waals surface area contributed by atoms with E-state index in [1.165, 1.54) is 28.9 Å². The van der Waals surface area contributed by atoms with Crippen LogP contribution in [0.1, 0.15) is 30.3 Å². The molecule has 0 saturated heterocycles. The molecule has 0 aliphatic heterocycles. The monoisotopic (exact) mass is 323 g/mol. The number of carbonyl (C=O) groups is 1. The van der Waals surface area contributed by atoms with E-state index in [1.54, 1.807) is 0 Å². The molecular weight excluding hydrogens is 309 g/mol. The molecule has 0 radical (unpaired) electrons. The van der Waals surface area contributed by atoms with Gasteiger partial charge >= 0.3 is 0 Å². The second-order valence-electron chi connectivity index (χ2n) is 4.72. The van der Waals surface area contributed by atoms with Crippen LogP contribution in [-0.4, -0.2) is 15.7 Å². The summed E-state index contributed by atoms with van der Waals surface area (Å²) in [5, 5.41) is 6.51. The minimum absolute atomic E-state index is 0.0846. The molecule has 5 nitrogen and oxygen atoms in total. The fourth-order valence-electron chi connectivity index (χ4n) is 1.81. The van der Waals surface area contributed by atoms with Crippen LogP contribution in [-0.2, 0) is 6.54 Å². The molecule has 0 aliphatic rings. The number of carbonyl (C=O) groups excluding carboxylic acids is 1. The summed E-state index contributed by atoms with van der Waals surface area (Å²) in [7, 11) is 0. The smallest absolute Gasteiger partial charge is 0.276 e. The van der Waals surface area contributed by atoms with E-state index < -0.39 is 11.7 Å². The van der Waals surface area contributed by atoms with Gasteiger partial charge in [-0.15, -0.1) is 0 Å². The maximum atomic E-state index is 13.1. The Kier molecular flexibility index (Phi) is 5.27. The predicted octanol–water partition coefficient (Wildman–Crippen LogP) is 3.09. The van der Waals surface area contributed by atoms with E-state index in [4.69, 9.17) is 11.6 Å². The van der Waals surface area contributed by atoms with Crippen molar-refractivity contribution >= 4 is 23.2 Å². The second kappa shape index (κ2) is 7.17. The average molecular weight is 324 g/mol. The van der Waals surface area contributed by atoms with E-state index in [1.807, 2.05) is 6.92 Å². The Morgan fingerprint density at radius 3 is 2.82 bits per heavy atom. The summed E-state index contributed by atoms with van der Waals surface area (Å²) in [6.07, 6.45) is 1.71.